The Balaban J connectivity index is 0.00000490. The van der Waals surface area contributed by atoms with Crippen molar-refractivity contribution in [2.45, 2.75) is 78.6 Å². The van der Waals surface area contributed by atoms with Crippen LogP contribution in [0.5, 0.6) is 0 Å². The number of fused-ring (bicyclic) bond motifs is 6. The summed E-state index contributed by atoms with van der Waals surface area (Å²) in [5.41, 5.74) is 13.9. The molecule has 0 fully saturated rings. The molecule has 0 saturated carbocycles. The molecule has 0 aliphatic rings. The third kappa shape index (κ3) is 6.99. The van der Waals surface area contributed by atoms with E-state index in [9.17, 15) is 0 Å². The van der Waals surface area contributed by atoms with Crippen molar-refractivity contribution in [2.24, 2.45) is 0 Å². The van der Waals surface area contributed by atoms with Gasteiger partial charge in [0.15, 0.2) is 0 Å². The maximum Gasteiger partial charge on any atom is 2.00 e. The van der Waals surface area contributed by atoms with E-state index >= 15 is 0 Å². The van der Waals surface area contributed by atoms with Crippen LogP contribution in [0.1, 0.15) is 79.0 Å². The third-order valence-corrected chi connectivity index (χ3v) is 12.1. The van der Waals surface area contributed by atoms with Crippen molar-refractivity contribution in [3.63, 3.8) is 0 Å². The number of rotatable bonds is 5. The molecule has 5 aromatic carbocycles. The van der Waals surface area contributed by atoms with Gasteiger partial charge < -0.3 is 19.3 Å². The largest absolute Gasteiger partial charge is 2.00 e. The molecule has 0 saturated heterocycles. The van der Waals surface area contributed by atoms with Crippen LogP contribution < -0.4 is 5.10 Å². The molecule has 5 heterocycles. The molecule has 0 bridgehead atoms. The van der Waals surface area contributed by atoms with Gasteiger partial charge in [0.1, 0.15) is 11.5 Å². The second-order valence-corrected chi connectivity index (χ2v) is 19.5. The third-order valence-electron chi connectivity index (χ3n) is 12.1. The molecule has 6 nitrogen and oxygen atoms in total. The van der Waals surface area contributed by atoms with E-state index in [1.165, 1.54) is 16.7 Å². The van der Waals surface area contributed by atoms with Gasteiger partial charge in [-0.1, -0.05) is 164 Å². The summed E-state index contributed by atoms with van der Waals surface area (Å²) in [6.07, 6.45) is 1.92. The summed E-state index contributed by atoms with van der Waals surface area (Å²) in [7, 11) is 0. The Hall–Kier alpha value is -6.10. The van der Waals surface area contributed by atoms with Gasteiger partial charge in [-0.25, -0.2) is 9.97 Å². The predicted molar refractivity (Wildman–Crippen MR) is 253 cm³/mol. The maximum absolute atomic E-state index is 5.56. The number of para-hydroxylation sites is 2. The minimum absolute atomic E-state index is 0. The molecule has 0 radical (unpaired) electrons. The molecule has 0 aliphatic carbocycles. The molecule has 10 aromatic rings. The summed E-state index contributed by atoms with van der Waals surface area (Å²) in [4.78, 5) is 10.5. The van der Waals surface area contributed by atoms with Crippen molar-refractivity contribution in [2.75, 3.05) is 0 Å². The molecular weight excluding hydrogens is 940 g/mol. The Morgan fingerprint density at radius 2 is 1.13 bits per heavy atom. The maximum atomic E-state index is 5.56. The minimum atomic E-state index is -0.0661. The smallest absolute Gasteiger partial charge is 0.573 e. The zero-order chi connectivity index (χ0) is 42.4. The topological polar surface area (TPSA) is 62.6 Å². The first-order chi connectivity index (χ1) is 29.1. The van der Waals surface area contributed by atoms with Crippen LogP contribution in [-0.2, 0) is 37.3 Å². The van der Waals surface area contributed by atoms with E-state index in [2.05, 4.69) is 205 Å². The summed E-state index contributed by atoms with van der Waals surface area (Å²) >= 11 is 0. The van der Waals surface area contributed by atoms with Crippen LogP contribution >= 0.6 is 0 Å². The number of nitrogens with zero attached hydrogens (tertiary/aromatic N) is 6. The van der Waals surface area contributed by atoms with Crippen molar-refractivity contribution >= 4 is 43.7 Å². The summed E-state index contributed by atoms with van der Waals surface area (Å²) < 4.78 is 4.51. The summed E-state index contributed by atoms with van der Waals surface area (Å²) in [5.74, 6) is 0.872. The standard InChI is InChI=1S/C55H50N6.Pt/c1-53(2,3)36-27-28-56-48(32-36)61-46-22-16-13-19-40(46)42-24-23-39(33-47(42)61)60-45-21-15-14-20-41(45)43-25-26-44(57-52(43)60)51-49(50(58-59-51)34-17-11-10-12-18-34)35-29-37(54(4,5)6)31-38(30-35)55(7,8)9;/h10-32H,1-9H3;/q-2;+2. The molecule has 0 amide bonds. The zero-order valence-corrected chi connectivity index (χ0v) is 39.1. The molecule has 310 valence electrons. The first-order valence-electron chi connectivity index (χ1n) is 21.2. The van der Waals surface area contributed by atoms with Crippen LogP contribution in [0.2, 0.25) is 0 Å². The van der Waals surface area contributed by atoms with Crippen LogP contribution in [0, 0.1) is 6.07 Å². The van der Waals surface area contributed by atoms with Crippen molar-refractivity contribution in [3.05, 3.63) is 162 Å². The van der Waals surface area contributed by atoms with Gasteiger partial charge >= 0.3 is 21.1 Å². The van der Waals surface area contributed by atoms with Gasteiger partial charge in [-0.3, -0.25) is 0 Å². The number of pyridine rings is 2. The second-order valence-electron chi connectivity index (χ2n) is 19.5. The molecule has 5 aromatic heterocycles. The van der Waals surface area contributed by atoms with E-state index in [0.29, 0.717) is 0 Å². The van der Waals surface area contributed by atoms with Gasteiger partial charge in [0.05, 0.1) is 16.9 Å². The van der Waals surface area contributed by atoms with Crippen molar-refractivity contribution in [1.82, 2.24) is 29.3 Å². The van der Waals surface area contributed by atoms with Gasteiger partial charge in [0.25, 0.3) is 0 Å². The first-order valence-corrected chi connectivity index (χ1v) is 21.2. The fourth-order valence-electron chi connectivity index (χ4n) is 8.67. The van der Waals surface area contributed by atoms with Gasteiger partial charge in [-0.05, 0) is 91.4 Å². The normalized spacial score (nSPS) is 12.5. The molecule has 7 heteroatoms. The molecule has 62 heavy (non-hydrogen) atoms. The molecule has 10 rings (SSSR count). The fraction of sp³-hybridized carbons (Fsp3) is 0.218. The van der Waals surface area contributed by atoms with Crippen molar-refractivity contribution in [3.8, 4) is 45.3 Å². The zero-order valence-electron chi connectivity index (χ0n) is 36.8. The van der Waals surface area contributed by atoms with Crippen LogP contribution in [0.25, 0.3) is 89.0 Å². The Morgan fingerprint density at radius 1 is 0.532 bits per heavy atom. The van der Waals surface area contributed by atoms with Crippen LogP contribution in [0.4, 0.5) is 0 Å². The molecule has 0 atom stereocenters. The van der Waals surface area contributed by atoms with Crippen LogP contribution in [0.15, 0.2) is 140 Å². The van der Waals surface area contributed by atoms with Crippen LogP contribution in [0.3, 0.4) is 0 Å². The van der Waals surface area contributed by atoms with E-state index in [1.54, 1.807) is 0 Å². The second kappa shape index (κ2) is 15.1. The van der Waals surface area contributed by atoms with E-state index in [1.807, 2.05) is 12.3 Å². The van der Waals surface area contributed by atoms with E-state index in [0.717, 1.165) is 89.0 Å². The number of benzene rings is 5. The van der Waals surface area contributed by atoms with E-state index < -0.39 is 0 Å². The molecule has 0 unspecified atom stereocenters. The number of hydrogen-bond acceptors (Lipinski definition) is 3. The molecular formula is C55H50N6Pt. The summed E-state index contributed by atoms with van der Waals surface area (Å²) in [5, 5.41) is 14.4. The molecule has 0 aliphatic heterocycles. The molecule has 0 spiro atoms. The fourth-order valence-corrected chi connectivity index (χ4v) is 8.67. The van der Waals surface area contributed by atoms with Gasteiger partial charge in [-0.15, -0.1) is 17.5 Å². The van der Waals surface area contributed by atoms with Crippen molar-refractivity contribution < 1.29 is 21.1 Å². The monoisotopic (exact) mass is 989 g/mol. The van der Waals surface area contributed by atoms with E-state index in [4.69, 9.17) is 20.2 Å². The quantitative estimate of drug-likeness (QED) is 0.161. The Labute approximate surface area is 378 Å². The summed E-state index contributed by atoms with van der Waals surface area (Å²) in [6.45, 7) is 20.4. The number of hydrogen-bond donors (Lipinski definition) is 0. The van der Waals surface area contributed by atoms with Gasteiger partial charge in [0, 0.05) is 22.5 Å². The number of aromatic nitrogens is 6. The minimum Gasteiger partial charge on any atom is -0.573 e. The van der Waals surface area contributed by atoms with Crippen LogP contribution in [-0.4, -0.2) is 24.2 Å². The Morgan fingerprint density at radius 3 is 1.79 bits per heavy atom. The average Bonchev–Trinajstić information content (AvgIpc) is 3.93. The SMILES string of the molecule is CC(C)(C)c1cc(-c2c(-c3ccccc3)n[n-]c2-c2ccc3c4ccccc4n(-c4[c-]c5c(cc4)c4ccccc4n5-c4cc(C(C)(C)C)ccn4)c3n2)cc(C(C)(C)C)c1.[Pt+2]. The molecule has 0 N–H and O–H groups in total. The summed E-state index contributed by atoms with van der Waals surface area (Å²) in [6, 6.07) is 51.5. The average molecular weight is 990 g/mol. The Bertz CT molecular complexity index is 3280. The Kier molecular flexibility index (Phi) is 10.0. The van der Waals surface area contributed by atoms with Gasteiger partial charge in [0.2, 0.25) is 0 Å². The first kappa shape index (κ1) is 41.3. The predicted octanol–water partition coefficient (Wildman–Crippen LogP) is 13.7. The van der Waals surface area contributed by atoms with Crippen molar-refractivity contribution in [1.29, 1.82) is 0 Å². The van der Waals surface area contributed by atoms with Gasteiger partial charge in [-0.2, -0.15) is 6.07 Å². The van der Waals surface area contributed by atoms with E-state index in [-0.39, 0.29) is 37.3 Å².